The summed E-state index contributed by atoms with van der Waals surface area (Å²) in [5.41, 5.74) is 7.76. The highest BCUT2D eigenvalue weighted by Crippen LogP contribution is 2.25. The Labute approximate surface area is 501 Å². The van der Waals surface area contributed by atoms with Crippen molar-refractivity contribution >= 4 is 47.4 Å². The molecule has 9 atom stereocenters. The molecule has 6 rings (SSSR count). The van der Waals surface area contributed by atoms with Crippen LogP contribution in [0.15, 0.2) is 104 Å². The number of aliphatic hydroxyl groups excluding tert-OH is 1. The predicted octanol–water partition coefficient (Wildman–Crippen LogP) is 3.31. The number of nitrogens with two attached hydrogens (primary N) is 1. The van der Waals surface area contributed by atoms with E-state index in [-0.39, 0.29) is 87.7 Å². The summed E-state index contributed by atoms with van der Waals surface area (Å²) >= 11 is 0. The largest absolute Gasteiger partial charge is 0.508 e. The van der Waals surface area contributed by atoms with E-state index in [9.17, 15) is 53.7 Å². The number of phenols is 2. The Morgan fingerprint density at radius 2 is 1.08 bits per heavy atom. The molecular formula is C62H84N12O12. The summed E-state index contributed by atoms with van der Waals surface area (Å²) in [6.07, 6.45) is 4.51. The molecule has 1 saturated heterocycles. The van der Waals surface area contributed by atoms with Gasteiger partial charge in [0.05, 0.1) is 24.8 Å². The number of aromatic nitrogens is 4. The molecule has 13 N–H and O–H groups in total. The lowest BCUT2D eigenvalue weighted by Gasteiger charge is -2.32. The summed E-state index contributed by atoms with van der Waals surface area (Å²) in [6, 6.07) is 12.7. The second kappa shape index (κ2) is 31.4. The van der Waals surface area contributed by atoms with Gasteiger partial charge in [-0.15, -0.1) is 0 Å². The summed E-state index contributed by atoms with van der Waals surface area (Å²) in [5, 5.41) is 49.0. The molecule has 2 aromatic heterocycles. The maximum Gasteiger partial charge on any atom is 0.408 e. The highest BCUT2D eigenvalue weighted by Gasteiger charge is 2.41. The number of aromatic hydroxyl groups is 2. The zero-order chi connectivity index (χ0) is 62.7. The minimum Gasteiger partial charge on any atom is -0.508 e. The van der Waals surface area contributed by atoms with Gasteiger partial charge in [-0.3, -0.25) is 33.6 Å². The summed E-state index contributed by atoms with van der Waals surface area (Å²) in [5.74, 6) is -5.89. The van der Waals surface area contributed by atoms with Gasteiger partial charge in [0, 0.05) is 68.3 Å². The number of amides is 8. The van der Waals surface area contributed by atoms with E-state index < -0.39 is 107 Å². The zero-order valence-electron chi connectivity index (χ0n) is 49.9. The van der Waals surface area contributed by atoms with Crippen LogP contribution in [0.25, 0.3) is 0 Å². The van der Waals surface area contributed by atoms with Gasteiger partial charge in [0.15, 0.2) is 0 Å². The maximum absolute atomic E-state index is 14.8. The number of alkyl carbamates (subject to hydrolysis) is 1. The normalized spacial score (nSPS) is 16.1. The molecule has 3 heterocycles. The van der Waals surface area contributed by atoms with Crippen LogP contribution in [-0.2, 0) is 70.4 Å². The fraction of sp³-hybridized carbons (Fsp3) is 0.484. The van der Waals surface area contributed by atoms with Crippen LogP contribution in [0.4, 0.5) is 4.79 Å². The molecule has 0 bridgehead atoms. The van der Waals surface area contributed by atoms with Crippen LogP contribution >= 0.6 is 0 Å². The van der Waals surface area contributed by atoms with Crippen LogP contribution in [0.5, 0.6) is 11.5 Å². The molecule has 8 amide bonds. The number of hydrogen-bond acceptors (Lipinski definition) is 14. The van der Waals surface area contributed by atoms with Crippen LogP contribution in [-0.4, -0.2) is 148 Å². The molecule has 1 fully saturated rings. The second-order valence-corrected chi connectivity index (χ2v) is 23.9. The zero-order valence-corrected chi connectivity index (χ0v) is 49.9. The first-order valence-corrected chi connectivity index (χ1v) is 29.1. The third-order valence-corrected chi connectivity index (χ3v) is 14.5. The number of aromatic amines is 2. The van der Waals surface area contributed by atoms with Crippen molar-refractivity contribution in [3.05, 3.63) is 132 Å². The van der Waals surface area contributed by atoms with Crippen molar-refractivity contribution in [2.45, 2.75) is 167 Å². The molecule has 5 aromatic rings. The van der Waals surface area contributed by atoms with Crippen molar-refractivity contribution in [1.29, 1.82) is 0 Å². The van der Waals surface area contributed by atoms with Gasteiger partial charge in [-0.05, 0) is 106 Å². The first kappa shape index (κ1) is 66.3. The molecule has 464 valence electrons. The number of primary amides is 1. The molecule has 24 heteroatoms. The number of likely N-dealkylation sites (tertiary alicyclic amines) is 1. The van der Waals surface area contributed by atoms with E-state index >= 15 is 0 Å². The van der Waals surface area contributed by atoms with E-state index in [0.717, 1.165) is 0 Å². The van der Waals surface area contributed by atoms with Crippen LogP contribution in [0.1, 0.15) is 109 Å². The number of aliphatic hydroxyl groups is 1. The van der Waals surface area contributed by atoms with Crippen molar-refractivity contribution in [3.63, 3.8) is 0 Å². The van der Waals surface area contributed by atoms with Crippen molar-refractivity contribution < 1.29 is 58.4 Å². The lowest BCUT2D eigenvalue weighted by molar-refractivity contribution is -0.141. The number of H-pyrrole nitrogens is 2. The van der Waals surface area contributed by atoms with Crippen molar-refractivity contribution in [1.82, 2.24) is 56.7 Å². The van der Waals surface area contributed by atoms with E-state index in [4.69, 9.17) is 10.5 Å². The molecule has 1 aliphatic heterocycles. The Kier molecular flexibility index (Phi) is 24.2. The summed E-state index contributed by atoms with van der Waals surface area (Å²) in [6.45, 7) is 12.8. The highest BCUT2D eigenvalue weighted by atomic mass is 16.6. The number of carbonyl (C=O) groups excluding carboxylic acids is 8. The lowest BCUT2D eigenvalue weighted by Crippen LogP contribution is -2.59. The number of imidazole rings is 2. The monoisotopic (exact) mass is 1190 g/mol. The third kappa shape index (κ3) is 21.1. The van der Waals surface area contributed by atoms with Gasteiger partial charge in [-0.1, -0.05) is 82.3 Å². The second-order valence-electron chi connectivity index (χ2n) is 23.9. The first-order chi connectivity index (χ1) is 40.8. The summed E-state index contributed by atoms with van der Waals surface area (Å²) < 4.78 is 5.48. The van der Waals surface area contributed by atoms with Crippen molar-refractivity contribution in [2.24, 2.45) is 23.5 Å². The predicted molar refractivity (Wildman–Crippen MR) is 318 cm³/mol. The minimum absolute atomic E-state index is 0.00539. The molecule has 3 aromatic carbocycles. The number of hydrogen-bond donors (Lipinski definition) is 12. The average molecular weight is 1190 g/mol. The Hall–Kier alpha value is -8.80. The molecule has 1 aliphatic rings. The van der Waals surface area contributed by atoms with Crippen LogP contribution in [0.2, 0.25) is 0 Å². The number of nitrogens with zero attached hydrogens (tertiary/aromatic N) is 3. The Morgan fingerprint density at radius 3 is 1.59 bits per heavy atom. The minimum atomic E-state index is -1.35. The molecule has 0 radical (unpaired) electrons. The van der Waals surface area contributed by atoms with Gasteiger partial charge in [-0.25, -0.2) is 14.8 Å². The number of nitrogens with one attached hydrogen (secondary N) is 8. The van der Waals surface area contributed by atoms with Gasteiger partial charge >= 0.3 is 6.09 Å². The van der Waals surface area contributed by atoms with E-state index in [1.54, 1.807) is 75.4 Å². The van der Waals surface area contributed by atoms with Crippen molar-refractivity contribution in [3.8, 4) is 11.5 Å². The summed E-state index contributed by atoms with van der Waals surface area (Å²) in [4.78, 5) is 129. The molecule has 0 spiro atoms. The van der Waals surface area contributed by atoms with E-state index in [0.29, 0.717) is 34.5 Å². The average Bonchev–Trinajstić information content (AvgIpc) is 3.74. The molecule has 0 unspecified atom stereocenters. The van der Waals surface area contributed by atoms with Gasteiger partial charge in [0.2, 0.25) is 41.4 Å². The van der Waals surface area contributed by atoms with Crippen LogP contribution < -0.4 is 37.6 Å². The first-order valence-electron chi connectivity index (χ1n) is 29.1. The third-order valence-electron chi connectivity index (χ3n) is 14.5. The number of benzene rings is 3. The number of rotatable bonds is 30. The molecule has 0 saturated carbocycles. The fourth-order valence-electron chi connectivity index (χ4n) is 10.4. The Bertz CT molecular complexity index is 3010. The topological polar surface area (TPSA) is 365 Å². The molecule has 0 aliphatic carbocycles. The van der Waals surface area contributed by atoms with Gasteiger partial charge in [0.1, 0.15) is 53.4 Å². The van der Waals surface area contributed by atoms with Crippen LogP contribution in [0, 0.1) is 17.8 Å². The standard InChI is InChI=1S/C62H84N12O12/c1-36(2)24-41(55(79)70-48(28-40-17-21-45(76)22-18-40)56(80)69-47(54(63)78)26-39-15-19-44(75)20-16-39)29-53(77)46(25-37(3)4)68-58(82)50(30-42-32-64-34-66-42)71-57(81)49(27-38-12-9-8-10-13-38)72-59(83)52-14-11-23-74(52)60(84)51(31-43-33-65-35-67-43)73-61(85)86-62(5,6)7/h8-10,12-13,15-22,32-37,41,46-53,75-77H,11,14,23-31H2,1-7H3,(H2,63,78)(H,64,66)(H,65,67)(H,68,82)(H,69,80)(H,70,79)(H,71,81)(H,72,83)(H,73,85)/t41-,46-,47-,48-,49-,50-,51-,52-,53-/m0/s1. The fourth-order valence-corrected chi connectivity index (χ4v) is 10.4. The van der Waals surface area contributed by atoms with Gasteiger partial charge in [0.25, 0.3) is 0 Å². The Balaban J connectivity index is 1.21. The van der Waals surface area contributed by atoms with E-state index in [1.165, 1.54) is 54.2 Å². The van der Waals surface area contributed by atoms with E-state index in [1.807, 2.05) is 27.7 Å². The number of carbonyl (C=O) groups is 8. The quantitative estimate of drug-likeness (QED) is 0.0314. The number of ether oxygens (including phenoxy) is 1. The van der Waals surface area contributed by atoms with E-state index in [2.05, 4.69) is 51.8 Å². The smallest absolute Gasteiger partial charge is 0.408 e. The SMILES string of the molecule is CC(C)C[C@@H](C[C@H](O)[C@H](CC(C)C)NC(=O)[C@H](Cc1cnc[nH]1)NC(=O)[C@H](Cc1ccccc1)NC(=O)[C@@H]1CCCN1C(=O)[C@H](Cc1cnc[nH]1)NC(=O)OC(C)(C)C)C(=O)N[C@@H](Cc1ccc(O)cc1)C(=O)N[C@@H](Cc1ccc(O)cc1)C(N)=O. The number of phenolic OH excluding ortho intramolecular Hbond substituents is 2. The maximum atomic E-state index is 14.8. The molecule has 86 heavy (non-hydrogen) atoms. The van der Waals surface area contributed by atoms with Crippen LogP contribution in [0.3, 0.4) is 0 Å². The highest BCUT2D eigenvalue weighted by molar-refractivity contribution is 5.96. The molecular weight excluding hydrogens is 1100 g/mol. The summed E-state index contributed by atoms with van der Waals surface area (Å²) in [7, 11) is 0. The Morgan fingerprint density at radius 1 is 0.605 bits per heavy atom. The lowest BCUT2D eigenvalue weighted by atomic mass is 9.86. The molecule has 24 nitrogen and oxygen atoms in total. The van der Waals surface area contributed by atoms with Crippen molar-refractivity contribution in [2.75, 3.05) is 6.54 Å². The van der Waals surface area contributed by atoms with Gasteiger partial charge in [-0.2, -0.15) is 0 Å². The van der Waals surface area contributed by atoms with Gasteiger partial charge < -0.3 is 72.6 Å².